The minimum absolute atomic E-state index is 0.0456. The molecular weight excluding hydrogens is 300 g/mol. The van der Waals surface area contributed by atoms with Crippen molar-refractivity contribution in [3.63, 3.8) is 0 Å². The summed E-state index contributed by atoms with van der Waals surface area (Å²) in [5.41, 5.74) is 0.959. The molecule has 2 nitrogen and oxygen atoms in total. The molecule has 1 aromatic carbocycles. The lowest BCUT2D eigenvalue weighted by Crippen LogP contribution is -1.97. The molecule has 0 atom stereocenters. The maximum atomic E-state index is 11.1. The lowest BCUT2D eigenvalue weighted by molar-refractivity contribution is 0.101. The fourth-order valence-corrected chi connectivity index (χ4v) is 1.96. The van der Waals surface area contributed by atoms with Crippen LogP contribution < -0.4 is 0 Å². The molecular formula is C9H5ClINO. The first-order chi connectivity index (χ1) is 6.07. The third kappa shape index (κ3) is 2.01. The van der Waals surface area contributed by atoms with Gasteiger partial charge in [0, 0.05) is 9.13 Å². The van der Waals surface area contributed by atoms with Gasteiger partial charge >= 0.3 is 0 Å². The topological polar surface area (TPSA) is 40.9 Å². The molecule has 1 rings (SSSR count). The van der Waals surface area contributed by atoms with E-state index < -0.39 is 0 Å². The van der Waals surface area contributed by atoms with Crippen molar-refractivity contribution < 1.29 is 4.79 Å². The van der Waals surface area contributed by atoms with Gasteiger partial charge in [0.1, 0.15) is 6.07 Å². The predicted molar refractivity (Wildman–Crippen MR) is 58.9 cm³/mol. The van der Waals surface area contributed by atoms with Gasteiger partial charge in [0.05, 0.1) is 10.6 Å². The van der Waals surface area contributed by atoms with Gasteiger partial charge in [-0.1, -0.05) is 11.6 Å². The molecule has 0 fully saturated rings. The van der Waals surface area contributed by atoms with Crippen LogP contribution in [0.25, 0.3) is 0 Å². The molecule has 0 spiro atoms. The number of halogens is 2. The van der Waals surface area contributed by atoms with Gasteiger partial charge in [-0.15, -0.1) is 0 Å². The third-order valence-electron chi connectivity index (χ3n) is 1.58. The maximum absolute atomic E-state index is 11.1. The molecule has 0 aliphatic carbocycles. The summed E-state index contributed by atoms with van der Waals surface area (Å²) >= 11 is 7.83. The zero-order chi connectivity index (χ0) is 10.0. The molecule has 0 aliphatic heterocycles. The first-order valence-electron chi connectivity index (χ1n) is 3.47. The van der Waals surface area contributed by atoms with Gasteiger partial charge in [0.15, 0.2) is 5.78 Å². The van der Waals surface area contributed by atoms with E-state index in [4.69, 9.17) is 16.9 Å². The van der Waals surface area contributed by atoms with Crippen LogP contribution in [-0.2, 0) is 0 Å². The van der Waals surface area contributed by atoms with E-state index in [1.807, 2.05) is 28.7 Å². The average molecular weight is 306 g/mol. The summed E-state index contributed by atoms with van der Waals surface area (Å²) in [4.78, 5) is 11.1. The van der Waals surface area contributed by atoms with Gasteiger partial charge < -0.3 is 0 Å². The molecule has 0 amide bonds. The summed E-state index contributed by atoms with van der Waals surface area (Å²) in [6, 6.07) is 5.13. The highest BCUT2D eigenvalue weighted by molar-refractivity contribution is 14.1. The van der Waals surface area contributed by atoms with Crippen molar-refractivity contribution in [1.82, 2.24) is 0 Å². The number of nitriles is 1. The van der Waals surface area contributed by atoms with Crippen LogP contribution in [0.5, 0.6) is 0 Å². The lowest BCUT2D eigenvalue weighted by Gasteiger charge is -2.03. The SMILES string of the molecule is CC(=O)c1ccc(C#N)c(Cl)c1I. The quantitative estimate of drug-likeness (QED) is 0.591. The summed E-state index contributed by atoms with van der Waals surface area (Å²) in [5.74, 6) is -0.0456. The summed E-state index contributed by atoms with van der Waals surface area (Å²) in [6.07, 6.45) is 0. The highest BCUT2D eigenvalue weighted by Gasteiger charge is 2.11. The predicted octanol–water partition coefficient (Wildman–Crippen LogP) is 3.02. The van der Waals surface area contributed by atoms with Crippen LogP contribution in [0.2, 0.25) is 5.02 Å². The van der Waals surface area contributed by atoms with Gasteiger partial charge in [-0.05, 0) is 41.6 Å². The van der Waals surface area contributed by atoms with Crippen LogP contribution in [0, 0.1) is 14.9 Å². The summed E-state index contributed by atoms with van der Waals surface area (Å²) in [6.45, 7) is 1.47. The van der Waals surface area contributed by atoms with Gasteiger partial charge in [-0.3, -0.25) is 4.79 Å². The first-order valence-corrected chi connectivity index (χ1v) is 4.92. The second-order valence-electron chi connectivity index (χ2n) is 2.46. The van der Waals surface area contributed by atoms with E-state index in [2.05, 4.69) is 0 Å². The van der Waals surface area contributed by atoms with Crippen molar-refractivity contribution in [2.24, 2.45) is 0 Å². The molecule has 4 heteroatoms. The fraction of sp³-hybridized carbons (Fsp3) is 0.111. The number of hydrogen-bond donors (Lipinski definition) is 0. The minimum Gasteiger partial charge on any atom is -0.294 e. The molecule has 0 saturated heterocycles. The molecule has 0 aliphatic rings. The Morgan fingerprint density at radius 3 is 2.69 bits per heavy atom. The lowest BCUT2D eigenvalue weighted by atomic mass is 10.1. The van der Waals surface area contributed by atoms with Crippen molar-refractivity contribution in [2.75, 3.05) is 0 Å². The van der Waals surface area contributed by atoms with E-state index in [0.29, 0.717) is 19.7 Å². The number of ketones is 1. The van der Waals surface area contributed by atoms with Gasteiger partial charge in [0.25, 0.3) is 0 Å². The van der Waals surface area contributed by atoms with Crippen LogP contribution in [-0.4, -0.2) is 5.78 Å². The Bertz CT molecular complexity index is 409. The molecule has 0 radical (unpaired) electrons. The zero-order valence-electron chi connectivity index (χ0n) is 6.77. The monoisotopic (exact) mass is 305 g/mol. The minimum atomic E-state index is -0.0456. The van der Waals surface area contributed by atoms with E-state index in [9.17, 15) is 4.79 Å². The summed E-state index contributed by atoms with van der Waals surface area (Å²) in [5, 5.41) is 9.01. The maximum Gasteiger partial charge on any atom is 0.160 e. The van der Waals surface area contributed by atoms with Crippen LogP contribution in [0.3, 0.4) is 0 Å². The van der Waals surface area contributed by atoms with Crippen LogP contribution in [0.1, 0.15) is 22.8 Å². The molecule has 1 aromatic rings. The number of benzene rings is 1. The Morgan fingerprint density at radius 2 is 2.23 bits per heavy atom. The van der Waals surface area contributed by atoms with E-state index >= 15 is 0 Å². The Morgan fingerprint density at radius 1 is 1.62 bits per heavy atom. The Labute approximate surface area is 94.6 Å². The van der Waals surface area contributed by atoms with E-state index in [-0.39, 0.29) is 5.78 Å². The number of rotatable bonds is 1. The van der Waals surface area contributed by atoms with E-state index in [0.717, 1.165) is 0 Å². The van der Waals surface area contributed by atoms with Crippen molar-refractivity contribution in [3.05, 3.63) is 31.9 Å². The first kappa shape index (κ1) is 10.5. The summed E-state index contributed by atoms with van der Waals surface area (Å²) < 4.78 is 0.644. The molecule has 0 unspecified atom stereocenters. The second-order valence-corrected chi connectivity index (χ2v) is 3.91. The zero-order valence-corrected chi connectivity index (χ0v) is 9.68. The van der Waals surface area contributed by atoms with E-state index in [1.54, 1.807) is 12.1 Å². The highest BCUT2D eigenvalue weighted by Crippen LogP contribution is 2.26. The normalized spacial score (nSPS) is 9.38. The van der Waals surface area contributed by atoms with E-state index in [1.165, 1.54) is 6.92 Å². The smallest absolute Gasteiger partial charge is 0.160 e. The van der Waals surface area contributed by atoms with Crippen molar-refractivity contribution in [1.29, 1.82) is 5.26 Å². The highest BCUT2D eigenvalue weighted by atomic mass is 127. The fourth-order valence-electron chi connectivity index (χ4n) is 0.908. The Hall–Kier alpha value is -0.600. The number of carbonyl (C=O) groups is 1. The standard InChI is InChI=1S/C9H5ClINO/c1-5(13)7-3-2-6(4-12)8(10)9(7)11/h2-3H,1H3. The van der Waals surface area contributed by atoms with Gasteiger partial charge in [-0.25, -0.2) is 0 Å². The number of Topliss-reactive ketones (excluding diaryl/α,β-unsaturated/α-hetero) is 1. The van der Waals surface area contributed by atoms with Crippen molar-refractivity contribution in [3.8, 4) is 6.07 Å². The largest absolute Gasteiger partial charge is 0.294 e. The second kappa shape index (κ2) is 4.07. The average Bonchev–Trinajstić information content (AvgIpc) is 2.09. The third-order valence-corrected chi connectivity index (χ3v) is 3.41. The molecule has 13 heavy (non-hydrogen) atoms. The van der Waals surface area contributed by atoms with Crippen molar-refractivity contribution >= 4 is 40.0 Å². The molecule has 0 N–H and O–H groups in total. The summed E-state index contributed by atoms with van der Waals surface area (Å²) in [7, 11) is 0. The van der Waals surface area contributed by atoms with Crippen molar-refractivity contribution in [2.45, 2.75) is 6.92 Å². The number of carbonyl (C=O) groups excluding carboxylic acids is 1. The van der Waals surface area contributed by atoms with Crippen LogP contribution in [0.15, 0.2) is 12.1 Å². The molecule has 0 bridgehead atoms. The molecule has 66 valence electrons. The van der Waals surface area contributed by atoms with Crippen LogP contribution in [0.4, 0.5) is 0 Å². The van der Waals surface area contributed by atoms with Crippen LogP contribution >= 0.6 is 34.2 Å². The number of nitrogens with zero attached hydrogens (tertiary/aromatic N) is 1. The van der Waals surface area contributed by atoms with Gasteiger partial charge in [0.2, 0.25) is 0 Å². The Balaban J connectivity index is 3.42. The number of hydrogen-bond acceptors (Lipinski definition) is 2. The Kier molecular flexibility index (Phi) is 3.28. The molecule has 0 saturated carbocycles. The van der Waals surface area contributed by atoms with Gasteiger partial charge in [-0.2, -0.15) is 5.26 Å². The molecule has 0 aromatic heterocycles. The molecule has 0 heterocycles.